The second-order valence-electron chi connectivity index (χ2n) is 3.49. The van der Waals surface area contributed by atoms with E-state index in [1.165, 1.54) is 7.11 Å². The molecule has 0 saturated carbocycles. The summed E-state index contributed by atoms with van der Waals surface area (Å²) in [5.41, 5.74) is 7.19. The minimum Gasteiger partial charge on any atom is -0.453 e. The molecule has 1 amide bonds. The van der Waals surface area contributed by atoms with Crippen molar-refractivity contribution < 1.29 is 9.53 Å². The summed E-state index contributed by atoms with van der Waals surface area (Å²) in [6.07, 6.45) is -0.440. The number of carbonyl (C=O) groups excluding carboxylic acids is 1. The maximum absolute atomic E-state index is 11.0. The lowest BCUT2D eigenvalue weighted by Crippen LogP contribution is -2.26. The van der Waals surface area contributed by atoms with Crippen LogP contribution in [0.1, 0.15) is 24.1 Å². The Kier molecular flexibility index (Phi) is 5.05. The second kappa shape index (κ2) is 6.56. The summed E-state index contributed by atoms with van der Waals surface area (Å²) in [7, 11) is 1.34. The second-order valence-corrected chi connectivity index (χ2v) is 3.49. The number of alkyl carbamates (subject to hydrolysis) is 1. The van der Waals surface area contributed by atoms with Gasteiger partial charge in [-0.2, -0.15) is 0 Å². The van der Waals surface area contributed by atoms with Gasteiger partial charge in [-0.3, -0.25) is 0 Å². The standard InChI is InChI=1S/C13H16N2O2/c1-10(15-13(16)17-2)12-7-5-11(6-8-12)4-3-9-14/h5-8,10H,9,14H2,1-2H3,(H,15,16). The molecule has 1 rings (SSSR count). The van der Waals surface area contributed by atoms with Crippen LogP contribution in [0.4, 0.5) is 4.79 Å². The van der Waals surface area contributed by atoms with E-state index in [1.807, 2.05) is 31.2 Å². The van der Waals surface area contributed by atoms with Gasteiger partial charge in [0.2, 0.25) is 0 Å². The van der Waals surface area contributed by atoms with Crippen molar-refractivity contribution >= 4 is 6.09 Å². The first-order chi connectivity index (χ1) is 8.17. The summed E-state index contributed by atoms with van der Waals surface area (Å²) in [5, 5.41) is 2.69. The van der Waals surface area contributed by atoms with Crippen LogP contribution in [0, 0.1) is 11.8 Å². The number of methoxy groups -OCH3 is 1. The van der Waals surface area contributed by atoms with Gasteiger partial charge in [-0.25, -0.2) is 4.79 Å². The van der Waals surface area contributed by atoms with Gasteiger partial charge in [-0.15, -0.1) is 0 Å². The first-order valence-electron chi connectivity index (χ1n) is 5.30. The van der Waals surface area contributed by atoms with E-state index in [-0.39, 0.29) is 6.04 Å². The number of amides is 1. The Morgan fingerprint density at radius 3 is 2.65 bits per heavy atom. The van der Waals surface area contributed by atoms with Crippen molar-refractivity contribution in [3.8, 4) is 11.8 Å². The lowest BCUT2D eigenvalue weighted by Gasteiger charge is -2.13. The fourth-order valence-electron chi connectivity index (χ4n) is 1.33. The fraction of sp³-hybridized carbons (Fsp3) is 0.308. The number of hydrogen-bond acceptors (Lipinski definition) is 3. The van der Waals surface area contributed by atoms with Crippen molar-refractivity contribution in [3.63, 3.8) is 0 Å². The molecule has 1 unspecified atom stereocenters. The molecule has 1 aromatic carbocycles. The lowest BCUT2D eigenvalue weighted by atomic mass is 10.1. The molecule has 0 aliphatic heterocycles. The van der Waals surface area contributed by atoms with Crippen molar-refractivity contribution in [1.82, 2.24) is 5.32 Å². The molecule has 0 spiro atoms. The van der Waals surface area contributed by atoms with Crippen molar-refractivity contribution in [2.24, 2.45) is 5.73 Å². The lowest BCUT2D eigenvalue weighted by molar-refractivity contribution is 0.167. The van der Waals surface area contributed by atoms with Crippen molar-refractivity contribution in [1.29, 1.82) is 0 Å². The van der Waals surface area contributed by atoms with Crippen LogP contribution in [0.2, 0.25) is 0 Å². The third-order valence-electron chi connectivity index (χ3n) is 2.27. The molecule has 1 aromatic rings. The van der Waals surface area contributed by atoms with E-state index in [2.05, 4.69) is 21.9 Å². The largest absolute Gasteiger partial charge is 0.453 e. The van der Waals surface area contributed by atoms with Gasteiger partial charge >= 0.3 is 6.09 Å². The molecule has 4 heteroatoms. The number of hydrogen-bond donors (Lipinski definition) is 2. The Morgan fingerprint density at radius 2 is 2.12 bits per heavy atom. The van der Waals surface area contributed by atoms with Gasteiger partial charge in [0.1, 0.15) is 0 Å². The van der Waals surface area contributed by atoms with E-state index >= 15 is 0 Å². The molecule has 0 bridgehead atoms. The van der Waals surface area contributed by atoms with Crippen LogP contribution in [0.3, 0.4) is 0 Å². The van der Waals surface area contributed by atoms with E-state index in [1.54, 1.807) is 0 Å². The molecule has 1 atom stereocenters. The maximum Gasteiger partial charge on any atom is 0.407 e. The normalized spacial score (nSPS) is 11.0. The Hall–Kier alpha value is -1.99. The third kappa shape index (κ3) is 4.17. The molecule has 0 radical (unpaired) electrons. The molecule has 0 heterocycles. The number of nitrogens with two attached hydrogens (primary N) is 1. The Balaban J connectivity index is 2.70. The van der Waals surface area contributed by atoms with E-state index in [0.717, 1.165) is 11.1 Å². The number of carbonyl (C=O) groups is 1. The summed E-state index contributed by atoms with van der Waals surface area (Å²) in [4.78, 5) is 11.0. The zero-order valence-electron chi connectivity index (χ0n) is 9.99. The van der Waals surface area contributed by atoms with Crippen LogP contribution in [0.5, 0.6) is 0 Å². The molecular formula is C13H16N2O2. The number of nitrogens with one attached hydrogen (secondary N) is 1. The van der Waals surface area contributed by atoms with Crippen LogP contribution < -0.4 is 11.1 Å². The zero-order chi connectivity index (χ0) is 12.7. The summed E-state index contributed by atoms with van der Waals surface area (Å²) >= 11 is 0. The summed E-state index contributed by atoms with van der Waals surface area (Å²) < 4.78 is 4.53. The molecule has 3 N–H and O–H groups in total. The average molecular weight is 232 g/mol. The quantitative estimate of drug-likeness (QED) is 0.758. The summed E-state index contributed by atoms with van der Waals surface area (Å²) in [6.45, 7) is 2.24. The molecule has 0 aliphatic rings. The Bertz CT molecular complexity index is 429. The average Bonchev–Trinajstić information content (AvgIpc) is 2.36. The molecule has 0 aromatic heterocycles. The fourth-order valence-corrected chi connectivity index (χ4v) is 1.33. The molecule has 0 aliphatic carbocycles. The minimum atomic E-state index is -0.440. The van der Waals surface area contributed by atoms with Crippen molar-refractivity contribution in [2.75, 3.05) is 13.7 Å². The topological polar surface area (TPSA) is 64.3 Å². The Morgan fingerprint density at radius 1 is 1.47 bits per heavy atom. The van der Waals surface area contributed by atoms with Crippen LogP contribution in [0.15, 0.2) is 24.3 Å². The first kappa shape index (κ1) is 13.1. The van der Waals surface area contributed by atoms with Crippen molar-refractivity contribution in [2.45, 2.75) is 13.0 Å². The maximum atomic E-state index is 11.0. The van der Waals surface area contributed by atoms with Crippen LogP contribution >= 0.6 is 0 Å². The van der Waals surface area contributed by atoms with Gasteiger partial charge in [0.15, 0.2) is 0 Å². The molecule has 90 valence electrons. The van der Waals surface area contributed by atoms with Crippen molar-refractivity contribution in [3.05, 3.63) is 35.4 Å². The Labute approximate surface area is 101 Å². The van der Waals surface area contributed by atoms with Gasteiger partial charge < -0.3 is 15.8 Å². The predicted octanol–water partition coefficient (Wildman–Crippen LogP) is 1.41. The highest BCUT2D eigenvalue weighted by Gasteiger charge is 2.08. The van der Waals surface area contributed by atoms with Gasteiger partial charge in [-0.05, 0) is 24.6 Å². The van der Waals surface area contributed by atoms with Gasteiger partial charge in [-0.1, -0.05) is 24.0 Å². The highest BCUT2D eigenvalue weighted by molar-refractivity contribution is 5.67. The number of benzene rings is 1. The molecule has 0 fully saturated rings. The SMILES string of the molecule is COC(=O)NC(C)c1ccc(C#CCN)cc1. The summed E-state index contributed by atoms with van der Waals surface area (Å²) in [6, 6.07) is 7.53. The van der Waals surface area contributed by atoms with Gasteiger partial charge in [0.25, 0.3) is 0 Å². The minimum absolute atomic E-state index is 0.0982. The number of ether oxygens (including phenoxy) is 1. The van der Waals surface area contributed by atoms with E-state index < -0.39 is 6.09 Å². The molecule has 17 heavy (non-hydrogen) atoms. The van der Waals surface area contributed by atoms with Crippen LogP contribution in [-0.4, -0.2) is 19.7 Å². The summed E-state index contributed by atoms with van der Waals surface area (Å²) in [5.74, 6) is 5.72. The highest BCUT2D eigenvalue weighted by atomic mass is 16.5. The number of rotatable bonds is 2. The van der Waals surface area contributed by atoms with E-state index in [9.17, 15) is 4.79 Å². The molecular weight excluding hydrogens is 216 g/mol. The van der Waals surface area contributed by atoms with E-state index in [4.69, 9.17) is 5.73 Å². The zero-order valence-corrected chi connectivity index (χ0v) is 9.99. The van der Waals surface area contributed by atoms with Crippen LogP contribution in [0.25, 0.3) is 0 Å². The van der Waals surface area contributed by atoms with Gasteiger partial charge in [0.05, 0.1) is 19.7 Å². The smallest absolute Gasteiger partial charge is 0.407 e. The monoisotopic (exact) mass is 232 g/mol. The van der Waals surface area contributed by atoms with E-state index in [0.29, 0.717) is 6.54 Å². The van der Waals surface area contributed by atoms with Gasteiger partial charge in [0, 0.05) is 5.56 Å². The first-order valence-corrected chi connectivity index (χ1v) is 5.30. The third-order valence-corrected chi connectivity index (χ3v) is 2.27. The highest BCUT2D eigenvalue weighted by Crippen LogP contribution is 2.12. The molecule has 4 nitrogen and oxygen atoms in total. The molecule has 0 saturated heterocycles. The predicted molar refractivity (Wildman–Crippen MR) is 66.3 cm³/mol. The van der Waals surface area contributed by atoms with Crippen LogP contribution in [-0.2, 0) is 4.74 Å².